The largest absolute Gasteiger partial charge is 0.312 e. The maximum absolute atomic E-state index is 3.52. The van der Waals surface area contributed by atoms with E-state index in [0.717, 1.165) is 25.7 Å². The van der Waals surface area contributed by atoms with Crippen LogP contribution in [0.5, 0.6) is 0 Å². The molecular formula is C18H32N2S. The predicted molar refractivity (Wildman–Crippen MR) is 94.0 cm³/mol. The molecule has 1 N–H and O–H groups in total. The Morgan fingerprint density at radius 2 is 2.00 bits per heavy atom. The predicted octanol–water partition coefficient (Wildman–Crippen LogP) is 4.71. The van der Waals surface area contributed by atoms with Gasteiger partial charge in [0.2, 0.25) is 0 Å². The third-order valence-corrected chi connectivity index (χ3v) is 5.76. The topological polar surface area (TPSA) is 15.3 Å². The minimum Gasteiger partial charge on any atom is -0.312 e. The Morgan fingerprint density at radius 1 is 1.24 bits per heavy atom. The van der Waals surface area contributed by atoms with E-state index in [9.17, 15) is 0 Å². The van der Waals surface area contributed by atoms with E-state index in [0.29, 0.717) is 0 Å². The standard InChI is InChI=1S/C18H32N2S/c1-4-11-19-13-18-12-16(15(3)21-18)14-20(5-2)17-9-7-6-8-10-17/h12,17,19H,4-11,13-14H2,1-3H3. The number of thiophene rings is 1. The van der Waals surface area contributed by atoms with Gasteiger partial charge in [-0.15, -0.1) is 11.3 Å². The second-order valence-corrected chi connectivity index (χ2v) is 7.67. The first kappa shape index (κ1) is 17.0. The second-order valence-electron chi connectivity index (χ2n) is 6.33. The highest BCUT2D eigenvalue weighted by Crippen LogP contribution is 2.27. The average Bonchev–Trinajstić information content (AvgIpc) is 2.86. The van der Waals surface area contributed by atoms with Crippen molar-refractivity contribution in [3.63, 3.8) is 0 Å². The van der Waals surface area contributed by atoms with Crippen molar-refractivity contribution in [2.75, 3.05) is 13.1 Å². The van der Waals surface area contributed by atoms with Crippen LogP contribution in [0.15, 0.2) is 6.07 Å². The molecule has 1 aromatic heterocycles. The molecule has 1 fully saturated rings. The van der Waals surface area contributed by atoms with E-state index in [1.54, 1.807) is 5.56 Å². The molecule has 0 amide bonds. The number of hydrogen-bond acceptors (Lipinski definition) is 3. The van der Waals surface area contributed by atoms with Crippen molar-refractivity contribution in [2.24, 2.45) is 0 Å². The van der Waals surface area contributed by atoms with E-state index < -0.39 is 0 Å². The van der Waals surface area contributed by atoms with Crippen LogP contribution in [-0.4, -0.2) is 24.0 Å². The van der Waals surface area contributed by atoms with Crippen molar-refractivity contribution in [1.29, 1.82) is 0 Å². The molecule has 120 valence electrons. The van der Waals surface area contributed by atoms with Gasteiger partial charge in [0.1, 0.15) is 0 Å². The van der Waals surface area contributed by atoms with Crippen LogP contribution in [-0.2, 0) is 13.1 Å². The molecule has 1 aromatic rings. The molecule has 0 aliphatic heterocycles. The quantitative estimate of drug-likeness (QED) is 0.700. The highest BCUT2D eigenvalue weighted by atomic mass is 32.1. The lowest BCUT2D eigenvalue weighted by atomic mass is 9.94. The summed E-state index contributed by atoms with van der Waals surface area (Å²) < 4.78 is 0. The summed E-state index contributed by atoms with van der Waals surface area (Å²) in [7, 11) is 0. The zero-order valence-electron chi connectivity index (χ0n) is 14.1. The molecule has 0 unspecified atom stereocenters. The Kier molecular flexibility index (Phi) is 7.21. The second kappa shape index (κ2) is 8.92. The van der Waals surface area contributed by atoms with Crippen molar-refractivity contribution in [2.45, 2.75) is 78.4 Å². The Labute approximate surface area is 134 Å². The van der Waals surface area contributed by atoms with Crippen molar-refractivity contribution in [3.05, 3.63) is 21.4 Å². The molecule has 1 aliphatic carbocycles. The SMILES string of the molecule is CCCNCc1cc(CN(CC)C2CCCCC2)c(C)s1. The van der Waals surface area contributed by atoms with Gasteiger partial charge in [-0.2, -0.15) is 0 Å². The normalized spacial score (nSPS) is 16.8. The Bertz CT molecular complexity index is 407. The van der Waals surface area contributed by atoms with Gasteiger partial charge in [-0.1, -0.05) is 33.1 Å². The highest BCUT2D eigenvalue weighted by molar-refractivity contribution is 7.12. The molecule has 0 atom stereocenters. The minimum atomic E-state index is 0.824. The van der Waals surface area contributed by atoms with E-state index in [2.05, 4.69) is 37.1 Å². The number of aryl methyl sites for hydroxylation is 1. The van der Waals surface area contributed by atoms with E-state index in [1.807, 2.05) is 11.3 Å². The van der Waals surface area contributed by atoms with Crippen molar-refractivity contribution >= 4 is 11.3 Å². The lowest BCUT2D eigenvalue weighted by Crippen LogP contribution is -2.36. The van der Waals surface area contributed by atoms with Gasteiger partial charge in [-0.25, -0.2) is 0 Å². The summed E-state index contributed by atoms with van der Waals surface area (Å²) in [5, 5.41) is 3.52. The van der Waals surface area contributed by atoms with E-state index >= 15 is 0 Å². The molecule has 21 heavy (non-hydrogen) atoms. The number of rotatable bonds is 8. The summed E-state index contributed by atoms with van der Waals surface area (Å²) >= 11 is 1.97. The summed E-state index contributed by atoms with van der Waals surface area (Å²) in [5.74, 6) is 0. The molecule has 0 radical (unpaired) electrons. The van der Waals surface area contributed by atoms with Crippen LogP contribution >= 0.6 is 11.3 Å². The average molecular weight is 309 g/mol. The Balaban J connectivity index is 1.93. The third kappa shape index (κ3) is 5.08. The molecule has 1 aliphatic rings. The van der Waals surface area contributed by atoms with Crippen LogP contribution < -0.4 is 5.32 Å². The van der Waals surface area contributed by atoms with Crippen molar-refractivity contribution in [3.8, 4) is 0 Å². The first-order valence-corrected chi connectivity index (χ1v) is 9.59. The van der Waals surface area contributed by atoms with E-state index in [-0.39, 0.29) is 0 Å². The molecule has 0 saturated heterocycles. The maximum atomic E-state index is 3.52. The van der Waals surface area contributed by atoms with Crippen LogP contribution in [0.4, 0.5) is 0 Å². The molecule has 1 heterocycles. The van der Waals surface area contributed by atoms with Crippen LogP contribution in [0.3, 0.4) is 0 Å². The van der Waals surface area contributed by atoms with Gasteiger partial charge in [-0.3, -0.25) is 4.90 Å². The first-order valence-electron chi connectivity index (χ1n) is 8.77. The van der Waals surface area contributed by atoms with Gasteiger partial charge in [0.25, 0.3) is 0 Å². The first-order chi connectivity index (χ1) is 10.2. The molecule has 0 spiro atoms. The number of nitrogens with zero attached hydrogens (tertiary/aromatic N) is 1. The number of nitrogens with one attached hydrogen (secondary N) is 1. The minimum absolute atomic E-state index is 0.824. The van der Waals surface area contributed by atoms with Gasteiger partial charge in [-0.05, 0) is 50.9 Å². The van der Waals surface area contributed by atoms with Crippen molar-refractivity contribution < 1.29 is 0 Å². The number of hydrogen-bond donors (Lipinski definition) is 1. The van der Waals surface area contributed by atoms with Crippen LogP contribution in [0.25, 0.3) is 0 Å². The highest BCUT2D eigenvalue weighted by Gasteiger charge is 2.20. The summed E-state index contributed by atoms with van der Waals surface area (Å²) in [4.78, 5) is 5.71. The maximum Gasteiger partial charge on any atom is 0.0299 e. The summed E-state index contributed by atoms with van der Waals surface area (Å²) in [5.41, 5.74) is 1.56. The van der Waals surface area contributed by atoms with E-state index in [4.69, 9.17) is 0 Å². The molecule has 0 aromatic carbocycles. The smallest absolute Gasteiger partial charge is 0.0299 e. The zero-order chi connectivity index (χ0) is 15.1. The Morgan fingerprint density at radius 3 is 2.67 bits per heavy atom. The fourth-order valence-electron chi connectivity index (χ4n) is 3.38. The molecular weight excluding hydrogens is 276 g/mol. The van der Waals surface area contributed by atoms with Gasteiger partial charge in [0.05, 0.1) is 0 Å². The van der Waals surface area contributed by atoms with Gasteiger partial charge >= 0.3 is 0 Å². The lowest BCUT2D eigenvalue weighted by molar-refractivity contribution is 0.156. The monoisotopic (exact) mass is 308 g/mol. The van der Waals surface area contributed by atoms with Crippen LogP contribution in [0.1, 0.15) is 67.7 Å². The summed E-state index contributed by atoms with van der Waals surface area (Å²) in [6, 6.07) is 3.26. The molecule has 3 heteroatoms. The summed E-state index contributed by atoms with van der Waals surface area (Å²) in [6.45, 7) is 11.3. The van der Waals surface area contributed by atoms with Crippen LogP contribution in [0.2, 0.25) is 0 Å². The van der Waals surface area contributed by atoms with E-state index in [1.165, 1.54) is 54.8 Å². The lowest BCUT2D eigenvalue weighted by Gasteiger charge is -2.33. The Hall–Kier alpha value is -0.380. The van der Waals surface area contributed by atoms with Gasteiger partial charge in [0.15, 0.2) is 0 Å². The molecule has 0 bridgehead atoms. The molecule has 2 rings (SSSR count). The van der Waals surface area contributed by atoms with Gasteiger partial charge in [0, 0.05) is 28.9 Å². The third-order valence-electron chi connectivity index (χ3n) is 4.67. The molecule has 1 saturated carbocycles. The van der Waals surface area contributed by atoms with Crippen molar-refractivity contribution in [1.82, 2.24) is 10.2 Å². The molecule has 2 nitrogen and oxygen atoms in total. The zero-order valence-corrected chi connectivity index (χ0v) is 14.9. The fourth-order valence-corrected chi connectivity index (χ4v) is 4.41. The fraction of sp³-hybridized carbons (Fsp3) is 0.778. The van der Waals surface area contributed by atoms with Gasteiger partial charge < -0.3 is 5.32 Å². The van der Waals surface area contributed by atoms with Crippen LogP contribution in [0, 0.1) is 6.92 Å². The summed E-state index contributed by atoms with van der Waals surface area (Å²) in [6.07, 6.45) is 8.32.